The van der Waals surface area contributed by atoms with Crippen LogP contribution in [0.1, 0.15) is 48.9 Å². The number of hydrogen-bond donors (Lipinski definition) is 1. The molecule has 0 spiro atoms. The molecule has 0 unspecified atom stereocenters. The van der Waals surface area contributed by atoms with Gasteiger partial charge in [0.1, 0.15) is 5.75 Å². The molecule has 1 N–H and O–H groups in total. The molecule has 0 radical (unpaired) electrons. The predicted molar refractivity (Wildman–Crippen MR) is 87.3 cm³/mol. The maximum absolute atomic E-state index is 12.4. The number of nitrogens with zero attached hydrogens (tertiary/aromatic N) is 2. The summed E-state index contributed by atoms with van der Waals surface area (Å²) in [6.07, 6.45) is 10.9. The van der Waals surface area contributed by atoms with Gasteiger partial charge >= 0.3 is 0 Å². The molecule has 1 aliphatic carbocycles. The van der Waals surface area contributed by atoms with Crippen LogP contribution in [0.3, 0.4) is 0 Å². The zero-order chi connectivity index (χ0) is 16.1. The summed E-state index contributed by atoms with van der Waals surface area (Å²) in [5.41, 5.74) is 0.225. The lowest BCUT2D eigenvalue weighted by molar-refractivity contribution is 0.0926. The van der Waals surface area contributed by atoms with Crippen molar-refractivity contribution in [1.29, 1.82) is 0 Å². The highest BCUT2D eigenvalue weighted by Gasteiger charge is 2.38. The van der Waals surface area contributed by atoms with Gasteiger partial charge in [0.15, 0.2) is 5.66 Å². The van der Waals surface area contributed by atoms with Gasteiger partial charge in [0.2, 0.25) is 0 Å². The number of nitrogens with one attached hydrogen (secondary N) is 1. The lowest BCUT2D eigenvalue weighted by atomic mass is 9.96. The highest BCUT2D eigenvalue weighted by molar-refractivity contribution is 5.96. The zero-order valence-corrected chi connectivity index (χ0v) is 13.1. The third-order valence-electron chi connectivity index (χ3n) is 4.34. The van der Waals surface area contributed by atoms with Crippen LogP contribution in [0.2, 0.25) is 0 Å². The van der Waals surface area contributed by atoms with Gasteiger partial charge in [-0.3, -0.25) is 4.79 Å². The number of ether oxygens (including phenoxy) is 1. The molecule has 5 nitrogen and oxygen atoms in total. The van der Waals surface area contributed by atoms with Gasteiger partial charge in [0.05, 0.1) is 11.7 Å². The summed E-state index contributed by atoms with van der Waals surface area (Å²) in [4.78, 5) is 12.4. The van der Waals surface area contributed by atoms with Crippen molar-refractivity contribution in [3.05, 3.63) is 29.8 Å². The minimum atomic E-state index is -0.360. The fraction of sp³-hybridized carbons (Fsp3) is 0.500. The van der Waals surface area contributed by atoms with Crippen LogP contribution in [0.15, 0.2) is 34.5 Å². The van der Waals surface area contributed by atoms with Crippen LogP contribution in [0, 0.1) is 12.3 Å². The molecule has 0 bridgehead atoms. The summed E-state index contributed by atoms with van der Waals surface area (Å²) in [6, 6.07) is 7.39. The molecule has 120 valence electrons. The number of para-hydroxylation sites is 1. The Morgan fingerprint density at radius 2 is 2.13 bits per heavy atom. The van der Waals surface area contributed by atoms with Crippen LogP contribution < -0.4 is 10.1 Å². The van der Waals surface area contributed by atoms with E-state index in [-0.39, 0.29) is 17.7 Å². The van der Waals surface area contributed by atoms with Gasteiger partial charge in [-0.25, -0.2) is 0 Å². The molecule has 0 atom stereocenters. The number of carbonyl (C=O) groups is 1. The topological polar surface area (TPSA) is 63.0 Å². The number of benzene rings is 1. The molecule has 0 saturated heterocycles. The van der Waals surface area contributed by atoms with E-state index in [1.807, 2.05) is 18.2 Å². The predicted octanol–water partition coefficient (Wildman–Crippen LogP) is 3.31. The van der Waals surface area contributed by atoms with E-state index in [2.05, 4.69) is 21.5 Å². The molecule has 1 saturated carbocycles. The van der Waals surface area contributed by atoms with Crippen molar-refractivity contribution in [2.24, 2.45) is 10.2 Å². The third-order valence-corrected chi connectivity index (χ3v) is 4.34. The molecule has 1 amide bonds. The van der Waals surface area contributed by atoms with Crippen LogP contribution in [-0.2, 0) is 0 Å². The van der Waals surface area contributed by atoms with Crippen LogP contribution in [-0.4, -0.2) is 24.2 Å². The second-order valence-corrected chi connectivity index (χ2v) is 6.06. The van der Waals surface area contributed by atoms with Crippen molar-refractivity contribution in [1.82, 2.24) is 5.32 Å². The molecular weight excluding hydrogens is 290 g/mol. The largest absolute Gasteiger partial charge is 0.490 e. The van der Waals surface area contributed by atoms with Crippen LogP contribution in [0.4, 0.5) is 0 Å². The monoisotopic (exact) mass is 311 g/mol. The Labute approximate surface area is 136 Å². The quantitative estimate of drug-likeness (QED) is 0.749. The molecule has 23 heavy (non-hydrogen) atoms. The van der Waals surface area contributed by atoms with E-state index in [1.165, 1.54) is 6.42 Å². The second kappa shape index (κ2) is 6.82. The molecule has 3 rings (SSSR count). The first-order valence-corrected chi connectivity index (χ1v) is 8.14. The Morgan fingerprint density at radius 1 is 1.35 bits per heavy atom. The summed E-state index contributed by atoms with van der Waals surface area (Å²) >= 11 is 0. The molecule has 1 heterocycles. The summed E-state index contributed by atoms with van der Waals surface area (Å²) in [6.45, 7) is 0.522. The maximum atomic E-state index is 12.4. The van der Waals surface area contributed by atoms with Crippen molar-refractivity contribution in [3.8, 4) is 18.1 Å². The Morgan fingerprint density at radius 3 is 2.78 bits per heavy atom. The number of carbonyl (C=O) groups excluding carboxylic acids is 1. The zero-order valence-electron chi connectivity index (χ0n) is 13.1. The molecule has 1 fully saturated rings. The fourth-order valence-electron chi connectivity index (χ4n) is 2.56. The smallest absolute Gasteiger partial charge is 0.255 e. The third kappa shape index (κ3) is 3.89. The van der Waals surface area contributed by atoms with E-state index in [0.29, 0.717) is 30.7 Å². The number of hydrogen-bond acceptors (Lipinski definition) is 4. The molecule has 1 aromatic carbocycles. The SMILES string of the molecule is C#CCCC1(CCNC(=O)c2ccccc2OC2CCC2)N=N1. The minimum Gasteiger partial charge on any atom is -0.490 e. The van der Waals surface area contributed by atoms with E-state index in [1.54, 1.807) is 6.07 Å². The van der Waals surface area contributed by atoms with Gasteiger partial charge in [-0.05, 0) is 31.4 Å². The van der Waals surface area contributed by atoms with E-state index in [0.717, 1.165) is 19.3 Å². The second-order valence-electron chi connectivity index (χ2n) is 6.06. The number of terminal acetylenes is 1. The summed E-state index contributed by atoms with van der Waals surface area (Å²) < 4.78 is 5.90. The van der Waals surface area contributed by atoms with Gasteiger partial charge in [-0.2, -0.15) is 10.2 Å². The lowest BCUT2D eigenvalue weighted by Crippen LogP contribution is -2.30. The van der Waals surface area contributed by atoms with Crippen LogP contribution in [0.5, 0.6) is 5.75 Å². The van der Waals surface area contributed by atoms with Gasteiger partial charge in [0.25, 0.3) is 5.91 Å². The van der Waals surface area contributed by atoms with Gasteiger partial charge in [0, 0.05) is 25.8 Å². The summed E-state index contributed by atoms with van der Waals surface area (Å²) in [5, 5.41) is 11.1. The summed E-state index contributed by atoms with van der Waals surface area (Å²) in [5.74, 6) is 3.15. The Kier molecular flexibility index (Phi) is 4.61. The van der Waals surface area contributed by atoms with E-state index >= 15 is 0 Å². The standard InChI is InChI=1S/C18H21N3O2/c1-2-3-11-18(20-21-18)12-13-19-17(22)15-9-4-5-10-16(15)23-14-7-6-8-14/h1,4-5,9-10,14H,3,6-8,11-13H2,(H,19,22). The van der Waals surface area contributed by atoms with Gasteiger partial charge in [-0.15, -0.1) is 12.3 Å². The number of amides is 1. The summed E-state index contributed by atoms with van der Waals surface area (Å²) in [7, 11) is 0. The highest BCUT2D eigenvalue weighted by atomic mass is 16.5. The molecular formula is C18H21N3O2. The van der Waals surface area contributed by atoms with E-state index < -0.39 is 0 Å². The molecule has 0 aromatic heterocycles. The molecule has 1 aliphatic heterocycles. The molecule has 2 aliphatic rings. The Balaban J connectivity index is 1.51. The average molecular weight is 311 g/mol. The van der Waals surface area contributed by atoms with E-state index in [4.69, 9.17) is 11.2 Å². The highest BCUT2D eigenvalue weighted by Crippen LogP contribution is 2.36. The lowest BCUT2D eigenvalue weighted by Gasteiger charge is -2.27. The van der Waals surface area contributed by atoms with Gasteiger partial charge < -0.3 is 10.1 Å². The van der Waals surface area contributed by atoms with Crippen molar-refractivity contribution in [3.63, 3.8) is 0 Å². The minimum absolute atomic E-state index is 0.118. The van der Waals surface area contributed by atoms with Crippen molar-refractivity contribution in [2.45, 2.75) is 50.3 Å². The van der Waals surface area contributed by atoms with Crippen molar-refractivity contribution in [2.75, 3.05) is 6.54 Å². The average Bonchev–Trinajstić information content (AvgIpc) is 3.29. The van der Waals surface area contributed by atoms with Crippen molar-refractivity contribution < 1.29 is 9.53 Å². The Hall–Kier alpha value is -2.35. The first-order valence-electron chi connectivity index (χ1n) is 8.14. The molecule has 5 heteroatoms. The van der Waals surface area contributed by atoms with Crippen molar-refractivity contribution >= 4 is 5.91 Å². The van der Waals surface area contributed by atoms with Crippen LogP contribution in [0.25, 0.3) is 0 Å². The maximum Gasteiger partial charge on any atom is 0.255 e. The molecule has 1 aromatic rings. The van der Waals surface area contributed by atoms with Crippen LogP contribution >= 0.6 is 0 Å². The van der Waals surface area contributed by atoms with Gasteiger partial charge in [-0.1, -0.05) is 12.1 Å². The normalized spacial score (nSPS) is 17.9. The fourth-order valence-corrected chi connectivity index (χ4v) is 2.56. The van der Waals surface area contributed by atoms with E-state index in [9.17, 15) is 4.79 Å². The first-order chi connectivity index (χ1) is 11.2. The first kappa shape index (κ1) is 15.5. The number of rotatable bonds is 8. The Bertz CT molecular complexity index is 638.